The number of aromatic nitrogens is 3. The number of alkyl halides is 1. The van der Waals surface area contributed by atoms with Gasteiger partial charge >= 0.3 is 0 Å². The fourth-order valence-corrected chi connectivity index (χ4v) is 2.57. The molecular formula is C14H16FN3O. The summed E-state index contributed by atoms with van der Waals surface area (Å²) < 4.78 is 15.8. The first-order valence-corrected chi connectivity index (χ1v) is 6.44. The highest BCUT2D eigenvalue weighted by molar-refractivity contribution is 5.57. The first-order chi connectivity index (χ1) is 9.22. The molecule has 4 nitrogen and oxygen atoms in total. The molecule has 0 fully saturated rings. The number of nitrogens with one attached hydrogen (secondary N) is 1. The lowest BCUT2D eigenvalue weighted by Crippen LogP contribution is -2.17. The third kappa shape index (κ3) is 1.90. The van der Waals surface area contributed by atoms with Gasteiger partial charge in [0.15, 0.2) is 6.10 Å². The molecule has 2 aromatic rings. The van der Waals surface area contributed by atoms with Crippen LogP contribution in [-0.4, -0.2) is 19.6 Å². The van der Waals surface area contributed by atoms with E-state index in [0.29, 0.717) is 23.6 Å². The van der Waals surface area contributed by atoms with Crippen LogP contribution in [0.5, 0.6) is 0 Å². The van der Waals surface area contributed by atoms with Crippen molar-refractivity contribution in [3.63, 3.8) is 0 Å². The number of aliphatic hydroxyl groups excluding tert-OH is 1. The summed E-state index contributed by atoms with van der Waals surface area (Å²) >= 11 is 0. The van der Waals surface area contributed by atoms with Crippen molar-refractivity contribution < 1.29 is 9.50 Å². The lowest BCUT2D eigenvalue weighted by molar-refractivity contribution is 0.217. The van der Waals surface area contributed by atoms with Crippen molar-refractivity contribution in [2.24, 2.45) is 0 Å². The maximum atomic E-state index is 13.9. The average Bonchev–Trinajstić information content (AvgIpc) is 3.08. The second-order valence-corrected chi connectivity index (χ2v) is 4.65. The molecule has 0 amide bonds. The van der Waals surface area contributed by atoms with Gasteiger partial charge in [-0.3, -0.25) is 0 Å². The quantitative estimate of drug-likeness (QED) is 0.892. The maximum absolute atomic E-state index is 13.9. The average molecular weight is 261 g/mol. The maximum Gasteiger partial charge on any atom is 0.151 e. The lowest BCUT2D eigenvalue weighted by atomic mass is 10.1. The van der Waals surface area contributed by atoms with E-state index in [1.807, 2.05) is 17.6 Å². The number of aryl methyl sites for hydroxylation is 1. The highest BCUT2D eigenvalue weighted by Gasteiger charge is 2.28. The van der Waals surface area contributed by atoms with Crippen LogP contribution in [0.25, 0.3) is 5.70 Å². The largest absolute Gasteiger partial charge is 0.379 e. The summed E-state index contributed by atoms with van der Waals surface area (Å²) in [6.07, 6.45) is 4.22. The van der Waals surface area contributed by atoms with Crippen molar-refractivity contribution in [2.75, 3.05) is 0 Å². The summed E-state index contributed by atoms with van der Waals surface area (Å²) in [6.45, 7) is 2.02. The van der Waals surface area contributed by atoms with Gasteiger partial charge in [0.25, 0.3) is 0 Å². The van der Waals surface area contributed by atoms with Crippen LogP contribution in [0.2, 0.25) is 0 Å². The second kappa shape index (κ2) is 4.66. The van der Waals surface area contributed by atoms with Crippen molar-refractivity contribution in [2.45, 2.75) is 32.0 Å². The Balaban J connectivity index is 2.06. The summed E-state index contributed by atoms with van der Waals surface area (Å²) in [5, 5.41) is 10.4. The van der Waals surface area contributed by atoms with Crippen molar-refractivity contribution in [1.82, 2.24) is 14.5 Å². The summed E-state index contributed by atoms with van der Waals surface area (Å²) in [7, 11) is 0. The summed E-state index contributed by atoms with van der Waals surface area (Å²) in [4.78, 5) is 6.97. The summed E-state index contributed by atoms with van der Waals surface area (Å²) in [6, 6.07) is 3.71. The van der Waals surface area contributed by atoms with Crippen LogP contribution in [0, 0.1) is 0 Å². The minimum absolute atomic E-state index is 0.292. The lowest BCUT2D eigenvalue weighted by Gasteiger charge is -2.25. The van der Waals surface area contributed by atoms with Crippen molar-refractivity contribution in [3.05, 3.63) is 47.8 Å². The normalized spacial score (nSPS) is 19.9. The number of hydrogen-bond acceptors (Lipinski definition) is 2. The van der Waals surface area contributed by atoms with Gasteiger partial charge in [-0.25, -0.2) is 9.37 Å². The van der Waals surface area contributed by atoms with Crippen LogP contribution in [0.15, 0.2) is 30.6 Å². The molecule has 0 bridgehead atoms. The molecule has 2 atom stereocenters. The van der Waals surface area contributed by atoms with Gasteiger partial charge in [-0.05, 0) is 18.6 Å². The molecule has 2 unspecified atom stereocenters. The highest BCUT2D eigenvalue weighted by Crippen LogP contribution is 2.37. The van der Waals surface area contributed by atoms with Gasteiger partial charge in [0.2, 0.25) is 0 Å². The van der Waals surface area contributed by atoms with E-state index >= 15 is 0 Å². The fraction of sp³-hybridized carbons (Fsp3) is 0.357. The predicted octanol–water partition coefficient (Wildman–Crippen LogP) is 2.76. The van der Waals surface area contributed by atoms with Crippen LogP contribution in [0.1, 0.15) is 42.8 Å². The van der Waals surface area contributed by atoms with Gasteiger partial charge in [0.1, 0.15) is 12.0 Å². The van der Waals surface area contributed by atoms with E-state index in [4.69, 9.17) is 0 Å². The van der Waals surface area contributed by atoms with Crippen LogP contribution in [0.4, 0.5) is 4.39 Å². The number of aliphatic hydroxyl groups is 1. The van der Waals surface area contributed by atoms with Gasteiger partial charge in [0, 0.05) is 24.5 Å². The zero-order valence-corrected chi connectivity index (χ0v) is 10.7. The minimum Gasteiger partial charge on any atom is -0.379 e. The molecule has 0 aliphatic carbocycles. The molecule has 2 N–H and O–H groups in total. The van der Waals surface area contributed by atoms with Crippen molar-refractivity contribution >= 4 is 5.70 Å². The Labute approximate surface area is 110 Å². The van der Waals surface area contributed by atoms with E-state index in [0.717, 1.165) is 12.1 Å². The molecule has 2 aromatic heterocycles. The number of allylic oxidation sites excluding steroid dienone is 1. The molecule has 0 spiro atoms. The third-order valence-corrected chi connectivity index (χ3v) is 3.53. The number of halogens is 1. The van der Waals surface area contributed by atoms with Crippen LogP contribution in [0.3, 0.4) is 0 Å². The monoisotopic (exact) mass is 261 g/mol. The number of hydrogen-bond donors (Lipinski definition) is 2. The van der Waals surface area contributed by atoms with Gasteiger partial charge in [-0.2, -0.15) is 0 Å². The van der Waals surface area contributed by atoms with E-state index in [-0.39, 0.29) is 0 Å². The van der Waals surface area contributed by atoms with Crippen LogP contribution in [-0.2, 0) is 6.42 Å². The number of fused-ring (bicyclic) bond motifs is 1. The fourth-order valence-electron chi connectivity index (χ4n) is 2.57. The van der Waals surface area contributed by atoms with Crippen LogP contribution < -0.4 is 0 Å². The summed E-state index contributed by atoms with van der Waals surface area (Å²) in [5.41, 5.74) is 2.29. The Morgan fingerprint density at radius 2 is 2.42 bits per heavy atom. The molecule has 100 valence electrons. The summed E-state index contributed by atoms with van der Waals surface area (Å²) in [5.74, 6) is 0.477. The first kappa shape index (κ1) is 12.2. The Kier molecular flexibility index (Phi) is 2.98. The number of imidazole rings is 1. The topological polar surface area (TPSA) is 53.8 Å². The SMILES string of the molecule is CCc1ccc2n1C(C(O)c1ncc[nH]1)=CCC2F. The van der Waals surface area contributed by atoms with E-state index in [1.165, 1.54) is 0 Å². The molecule has 1 aliphatic heterocycles. The minimum atomic E-state index is -1.01. The molecule has 0 aromatic carbocycles. The van der Waals surface area contributed by atoms with Gasteiger partial charge in [-0.1, -0.05) is 13.0 Å². The molecular weight excluding hydrogens is 245 g/mol. The van der Waals surface area contributed by atoms with Crippen molar-refractivity contribution in [3.8, 4) is 0 Å². The molecule has 0 saturated heterocycles. The standard InChI is InChI=1S/C14H16FN3O/c1-2-9-3-5-11-10(15)4-6-12(18(9)11)13(19)14-16-7-8-17-14/h3,5-8,10,13,19H,2,4H2,1H3,(H,16,17). The number of H-pyrrole nitrogens is 1. The molecule has 3 heterocycles. The van der Waals surface area contributed by atoms with E-state index in [2.05, 4.69) is 9.97 Å². The zero-order chi connectivity index (χ0) is 13.4. The number of aromatic amines is 1. The van der Waals surface area contributed by atoms with Crippen molar-refractivity contribution in [1.29, 1.82) is 0 Å². The molecule has 1 aliphatic rings. The molecule has 0 radical (unpaired) electrons. The highest BCUT2D eigenvalue weighted by atomic mass is 19.1. The van der Waals surface area contributed by atoms with E-state index in [9.17, 15) is 9.50 Å². The predicted molar refractivity (Wildman–Crippen MR) is 70.1 cm³/mol. The van der Waals surface area contributed by atoms with Crippen LogP contribution >= 0.6 is 0 Å². The van der Waals surface area contributed by atoms with E-state index in [1.54, 1.807) is 24.5 Å². The third-order valence-electron chi connectivity index (χ3n) is 3.53. The zero-order valence-electron chi connectivity index (χ0n) is 10.7. The number of rotatable bonds is 3. The Morgan fingerprint density at radius 1 is 1.58 bits per heavy atom. The Hall–Kier alpha value is -1.88. The van der Waals surface area contributed by atoms with Gasteiger partial charge in [0.05, 0.1) is 11.4 Å². The van der Waals surface area contributed by atoms with Gasteiger partial charge < -0.3 is 14.7 Å². The Bertz CT molecular complexity index is 600. The second-order valence-electron chi connectivity index (χ2n) is 4.65. The number of nitrogens with zero attached hydrogens (tertiary/aromatic N) is 2. The smallest absolute Gasteiger partial charge is 0.151 e. The molecule has 19 heavy (non-hydrogen) atoms. The van der Waals surface area contributed by atoms with Gasteiger partial charge in [-0.15, -0.1) is 0 Å². The first-order valence-electron chi connectivity index (χ1n) is 6.44. The Morgan fingerprint density at radius 3 is 3.11 bits per heavy atom. The van der Waals surface area contributed by atoms with E-state index < -0.39 is 12.3 Å². The molecule has 3 rings (SSSR count). The molecule has 0 saturated carbocycles. The molecule has 5 heteroatoms.